The molecule has 1 radical (unpaired) electrons. The zero-order valence-corrected chi connectivity index (χ0v) is 11.2. The molecule has 1 aliphatic rings. The predicted octanol–water partition coefficient (Wildman–Crippen LogP) is 1.95. The van der Waals surface area contributed by atoms with Crippen LogP contribution in [-0.4, -0.2) is 31.7 Å². The third kappa shape index (κ3) is 1.43. The Balaban J connectivity index is 2.59. The second-order valence-corrected chi connectivity index (χ2v) is 5.34. The van der Waals surface area contributed by atoms with Crippen molar-refractivity contribution >= 4 is 5.84 Å². The molecule has 0 spiro atoms. The number of rotatable bonds is 2. The van der Waals surface area contributed by atoms with E-state index in [9.17, 15) is 10.4 Å². The van der Waals surface area contributed by atoms with Crippen molar-refractivity contribution in [1.29, 1.82) is 0 Å². The monoisotopic (exact) mass is 248 g/mol. The van der Waals surface area contributed by atoms with Crippen LogP contribution < -0.4 is 0 Å². The first-order valence-corrected chi connectivity index (χ1v) is 6.08. The van der Waals surface area contributed by atoms with Gasteiger partial charge in [0.2, 0.25) is 0 Å². The number of hydrogen-bond donors (Lipinski definition) is 0. The molecule has 97 valence electrons. The molecular weight excluding hydrogens is 230 g/mol. The molecule has 0 unspecified atom stereocenters. The predicted molar refractivity (Wildman–Crippen MR) is 67.3 cm³/mol. The van der Waals surface area contributed by atoms with E-state index in [1.54, 1.807) is 38.4 Å². The van der Waals surface area contributed by atoms with Gasteiger partial charge in [0.1, 0.15) is 5.54 Å². The summed E-state index contributed by atoms with van der Waals surface area (Å²) in [6.45, 7) is 7.36. The maximum Gasteiger partial charge on any atom is 0.318 e. The molecule has 2 rings (SSSR count). The van der Waals surface area contributed by atoms with E-state index in [2.05, 4.69) is 4.98 Å². The van der Waals surface area contributed by atoms with E-state index in [-0.39, 0.29) is 5.84 Å². The van der Waals surface area contributed by atoms with Crippen molar-refractivity contribution in [2.75, 3.05) is 0 Å². The lowest BCUT2D eigenvalue weighted by molar-refractivity contribution is -0.540. The van der Waals surface area contributed by atoms with Crippen molar-refractivity contribution < 1.29 is 9.95 Å². The quantitative estimate of drug-likeness (QED) is 0.593. The van der Waals surface area contributed by atoms with Gasteiger partial charge in [0.25, 0.3) is 0 Å². The minimum atomic E-state index is -0.769. The summed E-state index contributed by atoms with van der Waals surface area (Å²) in [5.41, 5.74) is -0.943. The van der Waals surface area contributed by atoms with Gasteiger partial charge in [-0.25, -0.2) is 0 Å². The molecule has 0 aromatic carbocycles. The standard InChI is InChI=1S/C13H18N3O2/c1-5-13(4)12(2,3)15(17)11(16(13)18)10-7-6-8-14-9-10/h6-9H,5H2,1-4H3/t13-/m1/s1. The van der Waals surface area contributed by atoms with Gasteiger partial charge in [0.15, 0.2) is 5.54 Å². The van der Waals surface area contributed by atoms with E-state index in [1.807, 2.05) is 13.8 Å². The fraction of sp³-hybridized carbons (Fsp3) is 0.538. The van der Waals surface area contributed by atoms with Crippen molar-refractivity contribution in [2.24, 2.45) is 0 Å². The molecule has 0 amide bonds. The molecule has 0 bridgehead atoms. The van der Waals surface area contributed by atoms with E-state index in [0.29, 0.717) is 12.0 Å². The highest BCUT2D eigenvalue weighted by Gasteiger charge is 2.61. The first kappa shape index (κ1) is 12.8. The molecule has 0 saturated carbocycles. The van der Waals surface area contributed by atoms with E-state index in [4.69, 9.17) is 0 Å². The van der Waals surface area contributed by atoms with Crippen LogP contribution in [0.25, 0.3) is 0 Å². The average Bonchev–Trinajstić information content (AvgIpc) is 2.50. The molecule has 1 aliphatic heterocycles. The minimum Gasteiger partial charge on any atom is -0.714 e. The van der Waals surface area contributed by atoms with E-state index < -0.39 is 11.1 Å². The molecule has 18 heavy (non-hydrogen) atoms. The van der Waals surface area contributed by atoms with Crippen LogP contribution in [0.5, 0.6) is 0 Å². The summed E-state index contributed by atoms with van der Waals surface area (Å²) in [4.78, 5) is 3.97. The highest BCUT2D eigenvalue weighted by atomic mass is 16.5. The minimum absolute atomic E-state index is 0.150. The molecule has 5 nitrogen and oxygen atoms in total. The topological polar surface area (TPSA) is 62.1 Å². The van der Waals surface area contributed by atoms with Crippen LogP contribution >= 0.6 is 0 Å². The van der Waals surface area contributed by atoms with Crippen LogP contribution in [0, 0.1) is 5.21 Å². The highest BCUT2D eigenvalue weighted by Crippen LogP contribution is 2.39. The van der Waals surface area contributed by atoms with Gasteiger partial charge < -0.3 is 5.21 Å². The summed E-state index contributed by atoms with van der Waals surface area (Å²) in [5.74, 6) is 0.150. The maximum absolute atomic E-state index is 12.5. The molecule has 1 aromatic rings. The summed E-state index contributed by atoms with van der Waals surface area (Å²) < 4.78 is 0.820. The number of amidine groups is 1. The van der Waals surface area contributed by atoms with Crippen LogP contribution in [0.15, 0.2) is 24.5 Å². The Morgan fingerprint density at radius 3 is 2.56 bits per heavy atom. The molecular formula is C13H18N3O2. The zero-order chi connectivity index (χ0) is 13.6. The summed E-state index contributed by atoms with van der Waals surface area (Å²) in [7, 11) is 0. The fourth-order valence-electron chi connectivity index (χ4n) is 2.35. The highest BCUT2D eigenvalue weighted by molar-refractivity contribution is 5.95. The number of nitrogens with zero attached hydrogens (tertiary/aromatic N) is 3. The summed E-state index contributed by atoms with van der Waals surface area (Å²) in [6.07, 6.45) is 3.77. The Morgan fingerprint density at radius 2 is 2.11 bits per heavy atom. The summed E-state index contributed by atoms with van der Waals surface area (Å²) >= 11 is 0. The Morgan fingerprint density at radius 1 is 1.44 bits per heavy atom. The van der Waals surface area contributed by atoms with E-state index in [0.717, 1.165) is 9.80 Å². The Kier molecular flexibility index (Phi) is 2.81. The molecule has 2 heterocycles. The van der Waals surface area contributed by atoms with Gasteiger partial charge in [-0.3, -0.25) is 9.72 Å². The normalized spacial score (nSPS) is 26.8. The van der Waals surface area contributed by atoms with Gasteiger partial charge in [-0.05, 0) is 39.3 Å². The van der Waals surface area contributed by atoms with Gasteiger partial charge in [-0.2, -0.15) is 0 Å². The third-order valence-electron chi connectivity index (χ3n) is 4.27. The van der Waals surface area contributed by atoms with Crippen LogP contribution in [0.1, 0.15) is 39.7 Å². The average molecular weight is 248 g/mol. The van der Waals surface area contributed by atoms with Gasteiger partial charge in [0.05, 0.1) is 5.56 Å². The first-order chi connectivity index (χ1) is 8.36. The van der Waals surface area contributed by atoms with Gasteiger partial charge in [-0.1, -0.05) is 12.0 Å². The van der Waals surface area contributed by atoms with E-state index in [1.165, 1.54) is 0 Å². The molecule has 0 saturated heterocycles. The van der Waals surface area contributed by atoms with Crippen LogP contribution in [0.4, 0.5) is 0 Å². The second-order valence-electron chi connectivity index (χ2n) is 5.34. The number of aromatic nitrogens is 1. The van der Waals surface area contributed by atoms with Gasteiger partial charge in [-0.15, -0.1) is 0 Å². The molecule has 0 aliphatic carbocycles. The molecule has 0 N–H and O–H groups in total. The molecule has 1 atom stereocenters. The molecule has 0 fully saturated rings. The number of hydrogen-bond acceptors (Lipinski definition) is 3. The van der Waals surface area contributed by atoms with Crippen molar-refractivity contribution in [3.8, 4) is 0 Å². The Hall–Kier alpha value is -1.62. The van der Waals surface area contributed by atoms with Crippen molar-refractivity contribution in [3.05, 3.63) is 35.3 Å². The Bertz CT molecular complexity index is 484. The van der Waals surface area contributed by atoms with Crippen LogP contribution in [-0.2, 0) is 5.21 Å². The Labute approximate surface area is 107 Å². The SMILES string of the molecule is CC[C@@]1(C)N([O])C(c2cccnc2)=[N+]([O-])C1(C)C. The smallest absolute Gasteiger partial charge is 0.318 e. The largest absolute Gasteiger partial charge is 0.714 e. The lowest BCUT2D eigenvalue weighted by Crippen LogP contribution is -2.55. The lowest BCUT2D eigenvalue weighted by Gasteiger charge is -2.35. The second kappa shape index (κ2) is 3.95. The third-order valence-corrected chi connectivity index (χ3v) is 4.27. The van der Waals surface area contributed by atoms with Gasteiger partial charge in [0, 0.05) is 17.6 Å². The number of hydroxylamine groups is 3. The molecule has 5 heteroatoms. The van der Waals surface area contributed by atoms with Crippen LogP contribution in [0.2, 0.25) is 0 Å². The molecule has 1 aromatic heterocycles. The van der Waals surface area contributed by atoms with Gasteiger partial charge >= 0.3 is 5.84 Å². The lowest BCUT2D eigenvalue weighted by atomic mass is 9.80. The van der Waals surface area contributed by atoms with Crippen molar-refractivity contribution in [2.45, 2.75) is 45.2 Å². The summed E-state index contributed by atoms with van der Waals surface area (Å²) in [5, 5.41) is 25.8. The zero-order valence-electron chi connectivity index (χ0n) is 11.2. The van der Waals surface area contributed by atoms with Crippen LogP contribution in [0.3, 0.4) is 0 Å². The number of pyridine rings is 1. The van der Waals surface area contributed by atoms with Crippen molar-refractivity contribution in [3.63, 3.8) is 0 Å². The maximum atomic E-state index is 12.5. The summed E-state index contributed by atoms with van der Waals surface area (Å²) in [6, 6.07) is 3.45. The van der Waals surface area contributed by atoms with Crippen molar-refractivity contribution in [1.82, 2.24) is 10.0 Å². The first-order valence-electron chi connectivity index (χ1n) is 6.08. The van der Waals surface area contributed by atoms with E-state index >= 15 is 0 Å². The fourth-order valence-corrected chi connectivity index (χ4v) is 2.35.